The number of nitro groups is 1. The molecule has 0 N–H and O–H groups in total. The number of benzene rings is 2. The molecule has 0 amide bonds. The Morgan fingerprint density at radius 1 is 1.05 bits per heavy atom. The lowest BCUT2D eigenvalue weighted by Gasteiger charge is -2.01. The van der Waals surface area contributed by atoms with Gasteiger partial charge in [0.25, 0.3) is 5.69 Å². The van der Waals surface area contributed by atoms with Gasteiger partial charge in [0.2, 0.25) is 0 Å². The van der Waals surface area contributed by atoms with E-state index in [1.165, 1.54) is 19.2 Å². The van der Waals surface area contributed by atoms with E-state index in [2.05, 4.69) is 4.74 Å². The summed E-state index contributed by atoms with van der Waals surface area (Å²) in [5, 5.41) is 10.6. The molecule has 112 valence electrons. The van der Waals surface area contributed by atoms with Crippen molar-refractivity contribution in [3.8, 4) is 0 Å². The lowest BCUT2D eigenvalue weighted by Crippen LogP contribution is -2.00. The highest BCUT2D eigenvalue weighted by molar-refractivity contribution is 5.89. The highest BCUT2D eigenvalue weighted by Crippen LogP contribution is 2.51. The maximum Gasteiger partial charge on any atom is 0.337 e. The summed E-state index contributed by atoms with van der Waals surface area (Å²) in [7, 11) is 1.34. The first kappa shape index (κ1) is 14.2. The number of hydrogen-bond donors (Lipinski definition) is 0. The van der Waals surface area contributed by atoms with Crippen LogP contribution in [0.3, 0.4) is 0 Å². The fraction of sp³-hybridized carbons (Fsp3) is 0.188. The van der Waals surface area contributed by atoms with Crippen molar-refractivity contribution >= 4 is 11.7 Å². The van der Waals surface area contributed by atoms with Gasteiger partial charge in [0, 0.05) is 12.1 Å². The van der Waals surface area contributed by atoms with Crippen LogP contribution >= 0.6 is 0 Å². The number of nitro benzene ring substituents is 1. The van der Waals surface area contributed by atoms with Gasteiger partial charge in [0.05, 0.1) is 17.6 Å². The number of rotatable bonds is 4. The van der Waals surface area contributed by atoms with Crippen LogP contribution in [0.25, 0.3) is 0 Å². The van der Waals surface area contributed by atoms with E-state index in [1.54, 1.807) is 24.3 Å². The van der Waals surface area contributed by atoms with Crippen LogP contribution in [0.5, 0.6) is 0 Å². The Morgan fingerprint density at radius 3 is 2.00 bits per heavy atom. The van der Waals surface area contributed by atoms with Crippen molar-refractivity contribution < 1.29 is 19.2 Å². The van der Waals surface area contributed by atoms with Crippen LogP contribution in [0.4, 0.5) is 5.69 Å². The topological polar surface area (TPSA) is 82.0 Å². The molecular formula is C16H13NO5. The van der Waals surface area contributed by atoms with Crippen LogP contribution in [-0.4, -0.2) is 18.0 Å². The van der Waals surface area contributed by atoms with Crippen LogP contribution < -0.4 is 0 Å². The summed E-state index contributed by atoms with van der Waals surface area (Å²) in [5.41, 5.74) is 2.39. The van der Waals surface area contributed by atoms with Crippen LogP contribution in [0.2, 0.25) is 0 Å². The number of non-ortho nitro benzene ring substituents is 1. The van der Waals surface area contributed by atoms with Crippen molar-refractivity contribution in [3.05, 3.63) is 75.3 Å². The van der Waals surface area contributed by atoms with E-state index >= 15 is 0 Å². The van der Waals surface area contributed by atoms with Crippen LogP contribution in [0.15, 0.2) is 48.5 Å². The normalized spacial score (nSPS) is 19.5. The molecule has 6 heteroatoms. The highest BCUT2D eigenvalue weighted by Gasteiger charge is 2.41. The van der Waals surface area contributed by atoms with E-state index in [4.69, 9.17) is 4.74 Å². The van der Waals surface area contributed by atoms with Crippen molar-refractivity contribution in [2.75, 3.05) is 7.11 Å². The Labute approximate surface area is 126 Å². The van der Waals surface area contributed by atoms with Crippen molar-refractivity contribution in [2.45, 2.75) is 12.2 Å². The fourth-order valence-corrected chi connectivity index (χ4v) is 2.33. The molecule has 1 heterocycles. The molecule has 0 aromatic heterocycles. The third-order valence-electron chi connectivity index (χ3n) is 3.58. The van der Waals surface area contributed by atoms with E-state index in [9.17, 15) is 14.9 Å². The number of carbonyl (C=O) groups is 1. The molecule has 0 spiro atoms. The quantitative estimate of drug-likeness (QED) is 0.375. The predicted octanol–water partition coefficient (Wildman–Crippen LogP) is 3.19. The third-order valence-corrected chi connectivity index (χ3v) is 3.58. The molecule has 1 saturated heterocycles. The van der Waals surface area contributed by atoms with Gasteiger partial charge in [-0.25, -0.2) is 4.79 Å². The highest BCUT2D eigenvalue weighted by atomic mass is 16.6. The molecule has 1 aliphatic heterocycles. The van der Waals surface area contributed by atoms with Gasteiger partial charge in [0.15, 0.2) is 0 Å². The number of epoxide rings is 1. The summed E-state index contributed by atoms with van der Waals surface area (Å²) in [6, 6.07) is 13.4. The Morgan fingerprint density at radius 2 is 1.55 bits per heavy atom. The van der Waals surface area contributed by atoms with Gasteiger partial charge in [-0.15, -0.1) is 0 Å². The number of ether oxygens (including phenoxy) is 2. The first-order valence-corrected chi connectivity index (χ1v) is 6.68. The molecular weight excluding hydrogens is 286 g/mol. The molecule has 2 aromatic rings. The Balaban J connectivity index is 1.71. The summed E-state index contributed by atoms with van der Waals surface area (Å²) in [5.74, 6) is -0.379. The molecule has 6 nitrogen and oxygen atoms in total. The molecule has 1 aliphatic rings. The van der Waals surface area contributed by atoms with E-state index in [-0.39, 0.29) is 23.9 Å². The number of carbonyl (C=O) groups excluding carboxylic acids is 1. The van der Waals surface area contributed by atoms with Gasteiger partial charge in [-0.1, -0.05) is 12.1 Å². The summed E-state index contributed by atoms with van der Waals surface area (Å²) < 4.78 is 10.3. The van der Waals surface area contributed by atoms with Crippen molar-refractivity contribution in [1.82, 2.24) is 0 Å². The molecule has 0 saturated carbocycles. The molecule has 0 bridgehead atoms. The third kappa shape index (κ3) is 2.68. The summed E-state index contributed by atoms with van der Waals surface area (Å²) in [4.78, 5) is 21.6. The summed E-state index contributed by atoms with van der Waals surface area (Å²) in [6.45, 7) is 0. The number of methoxy groups -OCH3 is 1. The van der Waals surface area contributed by atoms with Gasteiger partial charge in [-0.05, 0) is 35.4 Å². The average Bonchev–Trinajstić information content (AvgIpc) is 3.35. The molecule has 22 heavy (non-hydrogen) atoms. The second kappa shape index (κ2) is 5.57. The minimum Gasteiger partial charge on any atom is -0.465 e. The molecule has 2 aromatic carbocycles. The second-order valence-electron chi connectivity index (χ2n) is 4.94. The van der Waals surface area contributed by atoms with E-state index in [0.717, 1.165) is 11.1 Å². The lowest BCUT2D eigenvalue weighted by molar-refractivity contribution is -0.384. The van der Waals surface area contributed by atoms with Crippen LogP contribution in [0, 0.1) is 10.1 Å². The molecule has 0 aliphatic carbocycles. The second-order valence-corrected chi connectivity index (χ2v) is 4.94. The minimum atomic E-state index is -0.430. The number of hydrogen-bond acceptors (Lipinski definition) is 5. The van der Waals surface area contributed by atoms with E-state index in [1.807, 2.05) is 12.1 Å². The molecule has 3 rings (SSSR count). The van der Waals surface area contributed by atoms with E-state index < -0.39 is 4.92 Å². The van der Waals surface area contributed by atoms with Gasteiger partial charge >= 0.3 is 5.97 Å². The zero-order valence-electron chi connectivity index (χ0n) is 11.8. The Bertz CT molecular complexity index is 708. The maximum atomic E-state index is 11.4. The average molecular weight is 299 g/mol. The first-order chi connectivity index (χ1) is 10.6. The van der Waals surface area contributed by atoms with Gasteiger partial charge in [-0.3, -0.25) is 10.1 Å². The first-order valence-electron chi connectivity index (χ1n) is 6.68. The van der Waals surface area contributed by atoms with E-state index in [0.29, 0.717) is 5.56 Å². The minimum absolute atomic E-state index is 0.0587. The van der Waals surface area contributed by atoms with Crippen molar-refractivity contribution in [2.24, 2.45) is 0 Å². The fourth-order valence-electron chi connectivity index (χ4n) is 2.33. The van der Waals surface area contributed by atoms with Gasteiger partial charge in [-0.2, -0.15) is 0 Å². The summed E-state index contributed by atoms with van der Waals surface area (Å²) in [6.07, 6.45) is -0.196. The number of esters is 1. The zero-order valence-corrected chi connectivity index (χ0v) is 11.8. The van der Waals surface area contributed by atoms with Crippen LogP contribution in [0.1, 0.15) is 33.7 Å². The van der Waals surface area contributed by atoms with Gasteiger partial charge < -0.3 is 9.47 Å². The monoisotopic (exact) mass is 299 g/mol. The molecule has 0 unspecified atom stereocenters. The Hall–Kier alpha value is -2.73. The maximum absolute atomic E-state index is 11.4. The zero-order chi connectivity index (χ0) is 15.7. The molecule has 0 radical (unpaired) electrons. The molecule has 2 atom stereocenters. The largest absolute Gasteiger partial charge is 0.465 e. The Kier molecular flexibility index (Phi) is 3.60. The lowest BCUT2D eigenvalue weighted by atomic mass is 10.0. The number of nitrogens with zero attached hydrogens (tertiary/aromatic N) is 1. The SMILES string of the molecule is COC(=O)c1ccc([C@H]2O[C@@H]2c2ccc([N+](=O)[O-])cc2)cc1. The summed E-state index contributed by atoms with van der Waals surface area (Å²) >= 11 is 0. The van der Waals surface area contributed by atoms with Crippen LogP contribution in [-0.2, 0) is 9.47 Å². The van der Waals surface area contributed by atoms with Crippen molar-refractivity contribution in [3.63, 3.8) is 0 Å². The van der Waals surface area contributed by atoms with Crippen molar-refractivity contribution in [1.29, 1.82) is 0 Å². The smallest absolute Gasteiger partial charge is 0.337 e. The van der Waals surface area contributed by atoms with Gasteiger partial charge in [0.1, 0.15) is 12.2 Å². The standard InChI is InChI=1S/C16H13NO5/c1-21-16(18)12-4-2-10(3-5-12)14-15(22-14)11-6-8-13(9-7-11)17(19)20/h2-9,14-15H,1H3/t14-,15-/m1/s1. The molecule has 1 fully saturated rings. The predicted molar refractivity (Wildman–Crippen MR) is 77.4 cm³/mol.